The van der Waals surface area contributed by atoms with Crippen molar-refractivity contribution in [2.24, 2.45) is 5.73 Å². The van der Waals surface area contributed by atoms with E-state index in [-0.39, 0.29) is 34.8 Å². The summed E-state index contributed by atoms with van der Waals surface area (Å²) >= 11 is 0.782. The van der Waals surface area contributed by atoms with Gasteiger partial charge in [0.25, 0.3) is 11.8 Å². The number of nitrogens with one attached hydrogen (secondary N) is 1. The van der Waals surface area contributed by atoms with Gasteiger partial charge in [-0.2, -0.15) is 4.37 Å². The van der Waals surface area contributed by atoms with E-state index in [1.165, 1.54) is 4.90 Å². The lowest BCUT2D eigenvalue weighted by Crippen LogP contribution is -2.48. The molecule has 1 saturated heterocycles. The predicted molar refractivity (Wildman–Crippen MR) is 119 cm³/mol. The van der Waals surface area contributed by atoms with Gasteiger partial charge in [0, 0.05) is 19.7 Å². The second-order valence-corrected chi connectivity index (χ2v) is 8.25. The summed E-state index contributed by atoms with van der Waals surface area (Å²) < 4.78 is 14.6. The molecule has 0 radical (unpaired) electrons. The van der Waals surface area contributed by atoms with Crippen LogP contribution in [-0.4, -0.2) is 59.4 Å². The molecule has 0 saturated carbocycles. The van der Waals surface area contributed by atoms with Crippen LogP contribution in [-0.2, 0) is 16.1 Å². The molecular formula is C21H27N5O5S. The Kier molecular flexibility index (Phi) is 7.65. The summed E-state index contributed by atoms with van der Waals surface area (Å²) in [5.41, 5.74) is 11.8. The first-order chi connectivity index (χ1) is 15.3. The van der Waals surface area contributed by atoms with E-state index in [9.17, 15) is 14.4 Å². The Morgan fingerprint density at radius 1 is 1.34 bits per heavy atom. The molecule has 1 aliphatic rings. The molecule has 10 nitrogen and oxygen atoms in total. The van der Waals surface area contributed by atoms with E-state index >= 15 is 0 Å². The summed E-state index contributed by atoms with van der Waals surface area (Å²) in [5.74, 6) is -0.975. The minimum atomic E-state index is -0.818. The second kappa shape index (κ2) is 10.4. The highest BCUT2D eigenvalue weighted by Crippen LogP contribution is 2.25. The Morgan fingerprint density at radius 2 is 2.06 bits per heavy atom. The number of hydrogen-bond donors (Lipinski definition) is 3. The number of rotatable bonds is 9. The highest BCUT2D eigenvalue weighted by atomic mass is 32.1. The number of primary amides is 1. The van der Waals surface area contributed by atoms with Crippen LogP contribution in [0.3, 0.4) is 0 Å². The normalized spacial score (nSPS) is 16.4. The van der Waals surface area contributed by atoms with E-state index in [2.05, 4.69) is 9.69 Å². The van der Waals surface area contributed by atoms with Gasteiger partial charge in [0.05, 0.1) is 18.9 Å². The van der Waals surface area contributed by atoms with Crippen molar-refractivity contribution >= 4 is 34.9 Å². The standard InChI is InChI=1S/C21H27N5O5S/c1-12(20(28)24-10-15-4-3-9-31-15)26(11-13-5-7-14(30-2)8-6-13)21(29)18-16(22)17(19(23)27)25-32-18/h5-8,12,15H,3-4,9-11,22H2,1-2H3,(H2,23,27)(H,24,28). The number of aromatic nitrogens is 1. The average molecular weight is 462 g/mol. The zero-order valence-corrected chi connectivity index (χ0v) is 18.8. The molecule has 1 fully saturated rings. The number of benzene rings is 1. The topological polar surface area (TPSA) is 150 Å². The maximum atomic E-state index is 13.4. The predicted octanol–water partition coefficient (Wildman–Crippen LogP) is 1.16. The SMILES string of the molecule is COc1ccc(CN(C(=O)c2snc(C(N)=O)c2N)C(C)C(=O)NCC2CCCO2)cc1. The molecule has 0 bridgehead atoms. The molecule has 0 aliphatic carbocycles. The molecule has 2 unspecified atom stereocenters. The largest absolute Gasteiger partial charge is 0.497 e. The molecule has 3 amide bonds. The Balaban J connectivity index is 1.82. The summed E-state index contributed by atoms with van der Waals surface area (Å²) in [5, 5.41) is 2.86. The fourth-order valence-corrected chi connectivity index (χ4v) is 4.14. The quantitative estimate of drug-likeness (QED) is 0.507. The lowest BCUT2D eigenvalue weighted by atomic mass is 10.1. The van der Waals surface area contributed by atoms with Gasteiger partial charge in [-0.1, -0.05) is 12.1 Å². The van der Waals surface area contributed by atoms with Crippen LogP contribution in [0.5, 0.6) is 5.75 Å². The molecule has 0 spiro atoms. The Labute approximate surface area is 190 Å². The molecule has 1 aromatic carbocycles. The van der Waals surface area contributed by atoms with Gasteiger partial charge < -0.3 is 31.2 Å². The smallest absolute Gasteiger partial charge is 0.270 e. The number of carbonyl (C=O) groups is 3. The highest BCUT2D eigenvalue weighted by molar-refractivity contribution is 7.09. The van der Waals surface area contributed by atoms with Gasteiger partial charge in [-0.3, -0.25) is 14.4 Å². The summed E-state index contributed by atoms with van der Waals surface area (Å²) in [6, 6.07) is 6.34. The van der Waals surface area contributed by atoms with Gasteiger partial charge in [-0.05, 0) is 49.0 Å². The van der Waals surface area contributed by atoms with E-state index in [0.717, 1.165) is 29.9 Å². The summed E-state index contributed by atoms with van der Waals surface area (Å²) in [6.07, 6.45) is 1.83. The molecule has 32 heavy (non-hydrogen) atoms. The molecule has 2 heterocycles. The number of carbonyl (C=O) groups excluding carboxylic acids is 3. The van der Waals surface area contributed by atoms with E-state index < -0.39 is 17.9 Å². The van der Waals surface area contributed by atoms with Crippen LogP contribution in [0.2, 0.25) is 0 Å². The summed E-state index contributed by atoms with van der Waals surface area (Å²) in [6.45, 7) is 2.84. The number of nitrogen functional groups attached to an aromatic ring is 1. The Morgan fingerprint density at radius 3 is 2.62 bits per heavy atom. The van der Waals surface area contributed by atoms with Crippen LogP contribution < -0.4 is 21.5 Å². The number of ether oxygens (including phenoxy) is 2. The van der Waals surface area contributed by atoms with E-state index in [1.54, 1.807) is 38.3 Å². The molecule has 2 atom stereocenters. The maximum Gasteiger partial charge on any atom is 0.270 e. The van der Waals surface area contributed by atoms with Crippen molar-refractivity contribution < 1.29 is 23.9 Å². The summed E-state index contributed by atoms with van der Waals surface area (Å²) in [4.78, 5) is 39.2. The van der Waals surface area contributed by atoms with Crippen molar-refractivity contribution in [1.29, 1.82) is 0 Å². The van der Waals surface area contributed by atoms with Crippen molar-refractivity contribution in [2.75, 3.05) is 26.0 Å². The third kappa shape index (κ3) is 5.35. The number of nitrogens with zero attached hydrogens (tertiary/aromatic N) is 2. The Bertz CT molecular complexity index is 971. The fourth-order valence-electron chi connectivity index (χ4n) is 3.38. The first-order valence-corrected chi connectivity index (χ1v) is 11.0. The first kappa shape index (κ1) is 23.5. The number of nitrogens with two attached hydrogens (primary N) is 2. The number of methoxy groups -OCH3 is 1. The van der Waals surface area contributed by atoms with E-state index in [1.807, 2.05) is 0 Å². The van der Waals surface area contributed by atoms with Crippen molar-refractivity contribution in [3.8, 4) is 5.75 Å². The molecule has 3 rings (SSSR count). The molecule has 11 heteroatoms. The lowest BCUT2D eigenvalue weighted by molar-refractivity contribution is -0.125. The number of anilines is 1. The van der Waals surface area contributed by atoms with Crippen LogP contribution in [0.4, 0.5) is 5.69 Å². The van der Waals surface area contributed by atoms with Crippen molar-refractivity contribution in [3.05, 3.63) is 40.4 Å². The van der Waals surface area contributed by atoms with Crippen LogP contribution >= 0.6 is 11.5 Å². The maximum absolute atomic E-state index is 13.4. The van der Waals surface area contributed by atoms with Gasteiger partial charge in [0.15, 0.2) is 5.69 Å². The monoisotopic (exact) mass is 461 g/mol. The van der Waals surface area contributed by atoms with Crippen molar-refractivity contribution in [1.82, 2.24) is 14.6 Å². The molecule has 1 aliphatic heterocycles. The van der Waals surface area contributed by atoms with Crippen LogP contribution in [0.15, 0.2) is 24.3 Å². The van der Waals surface area contributed by atoms with Gasteiger partial charge in [0.1, 0.15) is 16.7 Å². The van der Waals surface area contributed by atoms with Crippen LogP contribution in [0.1, 0.15) is 45.5 Å². The van der Waals surface area contributed by atoms with Gasteiger partial charge >= 0.3 is 0 Å². The third-order valence-corrected chi connectivity index (χ3v) is 6.15. The van der Waals surface area contributed by atoms with Crippen LogP contribution in [0.25, 0.3) is 0 Å². The van der Waals surface area contributed by atoms with Gasteiger partial charge in [-0.15, -0.1) is 0 Å². The van der Waals surface area contributed by atoms with Crippen molar-refractivity contribution in [3.63, 3.8) is 0 Å². The van der Waals surface area contributed by atoms with E-state index in [4.69, 9.17) is 20.9 Å². The lowest BCUT2D eigenvalue weighted by Gasteiger charge is -2.28. The molecule has 172 valence electrons. The summed E-state index contributed by atoms with van der Waals surface area (Å²) in [7, 11) is 1.56. The Hall–Kier alpha value is -3.18. The molecule has 2 aromatic rings. The molecule has 1 aromatic heterocycles. The zero-order chi connectivity index (χ0) is 23.3. The van der Waals surface area contributed by atoms with Crippen LogP contribution in [0, 0.1) is 0 Å². The fraction of sp³-hybridized carbons (Fsp3) is 0.429. The third-order valence-electron chi connectivity index (χ3n) is 5.30. The minimum Gasteiger partial charge on any atom is -0.497 e. The zero-order valence-electron chi connectivity index (χ0n) is 18.0. The van der Waals surface area contributed by atoms with Gasteiger partial charge in [-0.25, -0.2) is 0 Å². The van der Waals surface area contributed by atoms with Gasteiger partial charge in [0.2, 0.25) is 5.91 Å². The molecule has 5 N–H and O–H groups in total. The van der Waals surface area contributed by atoms with Crippen molar-refractivity contribution in [2.45, 2.75) is 38.5 Å². The number of amides is 3. The van der Waals surface area contributed by atoms with E-state index in [0.29, 0.717) is 18.9 Å². The second-order valence-electron chi connectivity index (χ2n) is 7.48. The first-order valence-electron chi connectivity index (χ1n) is 10.2. The molecular weight excluding hydrogens is 434 g/mol. The highest BCUT2D eigenvalue weighted by Gasteiger charge is 2.31. The number of hydrogen-bond acceptors (Lipinski definition) is 8. The minimum absolute atomic E-state index is 0.0212. The average Bonchev–Trinajstić information content (AvgIpc) is 3.45.